The van der Waals surface area contributed by atoms with Crippen LogP contribution in [0.4, 0.5) is 0 Å². The molecule has 1 aliphatic carbocycles. The molecule has 1 nitrogen and oxygen atoms in total. The molecule has 0 heterocycles. The fourth-order valence-corrected chi connectivity index (χ4v) is 3.14. The Bertz CT molecular complexity index is 108. The first kappa shape index (κ1) is 9.27. The predicted octanol–water partition coefficient (Wildman–Crippen LogP) is 1.82. The third-order valence-electron chi connectivity index (χ3n) is 2.76. The zero-order valence-corrected chi connectivity index (χ0v) is 9.36. The molecule has 0 unspecified atom stereocenters. The summed E-state index contributed by atoms with van der Waals surface area (Å²) in [5, 5.41) is 0. The van der Waals surface area contributed by atoms with Crippen LogP contribution in [0.3, 0.4) is 0 Å². The highest BCUT2D eigenvalue weighted by Crippen LogP contribution is 2.26. The van der Waals surface area contributed by atoms with Crippen LogP contribution in [0.1, 0.15) is 46.0 Å². The van der Waals surface area contributed by atoms with Crippen molar-refractivity contribution in [3.05, 3.63) is 0 Å². The van der Waals surface area contributed by atoms with E-state index in [4.69, 9.17) is 0 Å². The van der Waals surface area contributed by atoms with E-state index in [-0.39, 0.29) is 9.68 Å². The predicted molar refractivity (Wildman–Crippen MR) is 53.7 cm³/mol. The smallest absolute Gasteiger partial charge is 0.0919 e. The van der Waals surface area contributed by atoms with E-state index < -0.39 is 0 Å². The highest BCUT2D eigenvalue weighted by atomic mass is 28.2. The molecule has 0 amide bonds. The van der Waals surface area contributed by atoms with Gasteiger partial charge in [-0.1, -0.05) is 32.2 Å². The minimum atomic E-state index is 0.0701. The molecule has 0 aromatic heterocycles. The van der Waals surface area contributed by atoms with Gasteiger partial charge in [-0.3, -0.25) is 0 Å². The Morgan fingerprint density at radius 3 is 2.45 bits per heavy atom. The van der Waals surface area contributed by atoms with Gasteiger partial charge in [-0.2, -0.15) is 0 Å². The van der Waals surface area contributed by atoms with Crippen LogP contribution in [0, 0.1) is 0 Å². The van der Waals surface area contributed by atoms with Gasteiger partial charge in [0.25, 0.3) is 0 Å². The van der Waals surface area contributed by atoms with Gasteiger partial charge in [0.15, 0.2) is 0 Å². The van der Waals surface area contributed by atoms with Crippen LogP contribution in [0.25, 0.3) is 0 Å². The standard InChI is InChI=1S/C9H21NSi/c1-3-11-10-9(2)7-5-4-6-8-9/h10H,3-8,11H2,1-2H3. The monoisotopic (exact) mass is 171 g/mol. The minimum Gasteiger partial charge on any atom is -0.337 e. The van der Waals surface area contributed by atoms with Crippen molar-refractivity contribution in [3.63, 3.8) is 0 Å². The average Bonchev–Trinajstić information content (AvgIpc) is 2.03. The van der Waals surface area contributed by atoms with E-state index in [0.717, 1.165) is 0 Å². The summed E-state index contributed by atoms with van der Waals surface area (Å²) in [5.74, 6) is 0. The van der Waals surface area contributed by atoms with E-state index in [1.807, 2.05) is 0 Å². The summed E-state index contributed by atoms with van der Waals surface area (Å²) >= 11 is 0. The van der Waals surface area contributed by atoms with Gasteiger partial charge >= 0.3 is 0 Å². The Hall–Kier alpha value is 0.177. The highest BCUT2D eigenvalue weighted by Gasteiger charge is 2.24. The molecule has 0 bridgehead atoms. The van der Waals surface area contributed by atoms with E-state index in [1.165, 1.54) is 38.1 Å². The van der Waals surface area contributed by atoms with Crippen LogP contribution in [-0.2, 0) is 0 Å². The first-order valence-electron chi connectivity index (χ1n) is 5.02. The zero-order chi connectivity index (χ0) is 8.16. The Morgan fingerprint density at radius 1 is 1.27 bits per heavy atom. The van der Waals surface area contributed by atoms with Crippen molar-refractivity contribution in [2.75, 3.05) is 0 Å². The number of hydrogen-bond donors (Lipinski definition) is 1. The normalized spacial score (nSPS) is 24.5. The highest BCUT2D eigenvalue weighted by molar-refractivity contribution is 6.32. The first-order chi connectivity index (χ1) is 5.27. The Kier molecular flexibility index (Phi) is 3.59. The van der Waals surface area contributed by atoms with Gasteiger partial charge < -0.3 is 4.98 Å². The molecular formula is C9H21NSi. The van der Waals surface area contributed by atoms with Gasteiger partial charge in [0, 0.05) is 5.54 Å². The van der Waals surface area contributed by atoms with Crippen molar-refractivity contribution in [2.45, 2.75) is 57.5 Å². The lowest BCUT2D eigenvalue weighted by Crippen LogP contribution is -2.45. The van der Waals surface area contributed by atoms with Crippen molar-refractivity contribution in [3.8, 4) is 0 Å². The molecule has 0 radical (unpaired) electrons. The first-order valence-corrected chi connectivity index (χ1v) is 6.72. The number of hydrogen-bond acceptors (Lipinski definition) is 1. The third-order valence-corrected chi connectivity index (χ3v) is 4.36. The number of rotatable bonds is 3. The van der Waals surface area contributed by atoms with E-state index in [0.29, 0.717) is 5.54 Å². The molecule has 1 rings (SSSR count). The molecule has 1 aliphatic rings. The Morgan fingerprint density at radius 2 is 1.91 bits per heavy atom. The average molecular weight is 171 g/mol. The van der Waals surface area contributed by atoms with Crippen molar-refractivity contribution >= 4 is 9.68 Å². The lowest BCUT2D eigenvalue weighted by atomic mass is 9.84. The molecule has 11 heavy (non-hydrogen) atoms. The summed E-state index contributed by atoms with van der Waals surface area (Å²) in [7, 11) is 0.0701. The van der Waals surface area contributed by atoms with Crippen molar-refractivity contribution in [1.82, 2.24) is 4.98 Å². The van der Waals surface area contributed by atoms with E-state index >= 15 is 0 Å². The van der Waals surface area contributed by atoms with Gasteiger partial charge in [-0.05, 0) is 19.8 Å². The maximum absolute atomic E-state index is 3.79. The van der Waals surface area contributed by atoms with E-state index in [2.05, 4.69) is 18.8 Å². The molecule has 0 aromatic rings. The van der Waals surface area contributed by atoms with Crippen molar-refractivity contribution < 1.29 is 0 Å². The molecule has 66 valence electrons. The molecular weight excluding hydrogens is 150 g/mol. The molecule has 1 N–H and O–H groups in total. The second-order valence-corrected chi connectivity index (χ2v) is 5.90. The van der Waals surface area contributed by atoms with Crippen molar-refractivity contribution in [1.29, 1.82) is 0 Å². The van der Waals surface area contributed by atoms with Gasteiger partial charge in [0.2, 0.25) is 0 Å². The largest absolute Gasteiger partial charge is 0.337 e. The summed E-state index contributed by atoms with van der Waals surface area (Å²) in [6, 6.07) is 1.40. The fraction of sp³-hybridized carbons (Fsp3) is 1.00. The van der Waals surface area contributed by atoms with E-state index in [9.17, 15) is 0 Å². The van der Waals surface area contributed by atoms with Crippen LogP contribution >= 0.6 is 0 Å². The van der Waals surface area contributed by atoms with Gasteiger partial charge in [0.05, 0.1) is 9.68 Å². The maximum atomic E-state index is 3.79. The summed E-state index contributed by atoms with van der Waals surface area (Å²) in [5.41, 5.74) is 0.542. The maximum Gasteiger partial charge on any atom is 0.0919 e. The molecule has 0 aliphatic heterocycles. The molecule has 1 fully saturated rings. The number of nitrogens with one attached hydrogen (secondary N) is 1. The van der Waals surface area contributed by atoms with Crippen LogP contribution < -0.4 is 4.98 Å². The van der Waals surface area contributed by atoms with Gasteiger partial charge in [0.1, 0.15) is 0 Å². The molecule has 1 saturated carbocycles. The summed E-state index contributed by atoms with van der Waals surface area (Å²) in [6.07, 6.45) is 7.19. The van der Waals surface area contributed by atoms with Crippen LogP contribution in [0.15, 0.2) is 0 Å². The third kappa shape index (κ3) is 2.95. The van der Waals surface area contributed by atoms with Gasteiger partial charge in [-0.25, -0.2) is 0 Å². The van der Waals surface area contributed by atoms with Crippen LogP contribution in [0.5, 0.6) is 0 Å². The molecule has 2 heteroatoms. The Balaban J connectivity index is 2.25. The van der Waals surface area contributed by atoms with Gasteiger partial charge in [-0.15, -0.1) is 0 Å². The lowest BCUT2D eigenvalue weighted by molar-refractivity contribution is 0.296. The van der Waals surface area contributed by atoms with Crippen LogP contribution in [0.2, 0.25) is 6.04 Å². The minimum absolute atomic E-state index is 0.0701. The second kappa shape index (κ2) is 4.26. The summed E-state index contributed by atoms with van der Waals surface area (Å²) in [6.45, 7) is 4.71. The molecule has 0 aromatic carbocycles. The van der Waals surface area contributed by atoms with E-state index in [1.54, 1.807) is 0 Å². The molecule has 0 atom stereocenters. The summed E-state index contributed by atoms with van der Waals surface area (Å²) < 4.78 is 0. The quantitative estimate of drug-likeness (QED) is 0.639. The SMILES string of the molecule is CC[SiH2]NC1(C)CCCCC1. The second-order valence-electron chi connectivity index (χ2n) is 4.05. The molecule has 0 saturated heterocycles. The Labute approximate surface area is 72.9 Å². The van der Waals surface area contributed by atoms with Crippen molar-refractivity contribution in [2.24, 2.45) is 0 Å². The molecule has 0 spiro atoms. The topological polar surface area (TPSA) is 12.0 Å². The zero-order valence-electron chi connectivity index (χ0n) is 7.95. The lowest BCUT2D eigenvalue weighted by Gasteiger charge is -2.34. The summed E-state index contributed by atoms with van der Waals surface area (Å²) in [4.78, 5) is 3.79. The van der Waals surface area contributed by atoms with Crippen LogP contribution in [-0.4, -0.2) is 15.2 Å². The fourth-order valence-electron chi connectivity index (χ4n) is 1.94.